The summed E-state index contributed by atoms with van der Waals surface area (Å²) < 4.78 is 12.9. The monoisotopic (exact) mass is 244 g/mol. The van der Waals surface area contributed by atoms with Crippen molar-refractivity contribution in [2.45, 2.75) is 32.4 Å². The van der Waals surface area contributed by atoms with Crippen molar-refractivity contribution in [2.24, 2.45) is 0 Å². The van der Waals surface area contributed by atoms with Gasteiger partial charge >= 0.3 is 5.97 Å². The second-order valence-corrected chi connectivity index (χ2v) is 4.76. The number of carboxylic acid groups (broad SMARTS) is 1. The summed E-state index contributed by atoms with van der Waals surface area (Å²) in [7, 11) is 0. The van der Waals surface area contributed by atoms with E-state index in [4.69, 9.17) is 16.7 Å². The third kappa shape index (κ3) is 2.73. The van der Waals surface area contributed by atoms with Crippen molar-refractivity contribution in [3.63, 3.8) is 0 Å². The zero-order chi connectivity index (χ0) is 12.3. The van der Waals surface area contributed by atoms with Gasteiger partial charge in [0.2, 0.25) is 0 Å². The maximum atomic E-state index is 12.9. The molecule has 2 nitrogen and oxygen atoms in total. The first-order chi connectivity index (χ1) is 7.38. The number of aliphatic carboxylic acids is 1. The average molecular weight is 245 g/mol. The molecule has 16 heavy (non-hydrogen) atoms. The van der Waals surface area contributed by atoms with E-state index < -0.39 is 18.1 Å². The van der Waals surface area contributed by atoms with Crippen molar-refractivity contribution in [3.05, 3.63) is 34.3 Å². The van der Waals surface area contributed by atoms with Crippen molar-refractivity contribution in [3.8, 4) is 0 Å². The van der Waals surface area contributed by atoms with Crippen LogP contribution in [0.1, 0.15) is 31.4 Å². The van der Waals surface area contributed by atoms with Gasteiger partial charge < -0.3 is 5.11 Å². The van der Waals surface area contributed by atoms with Crippen LogP contribution in [0.3, 0.4) is 0 Å². The van der Waals surface area contributed by atoms with Gasteiger partial charge in [0.25, 0.3) is 0 Å². The van der Waals surface area contributed by atoms with Crippen LogP contribution in [0.2, 0.25) is 5.02 Å². The highest BCUT2D eigenvalue weighted by Gasteiger charge is 2.27. The summed E-state index contributed by atoms with van der Waals surface area (Å²) in [5.74, 6) is -0.908. The molecule has 0 bridgehead atoms. The smallest absolute Gasteiger partial charge is 0.304 e. The Balaban J connectivity index is 3.21. The van der Waals surface area contributed by atoms with E-state index in [1.54, 1.807) is 32.0 Å². The van der Waals surface area contributed by atoms with Crippen LogP contribution in [-0.2, 0) is 16.9 Å². The van der Waals surface area contributed by atoms with Gasteiger partial charge in [-0.15, -0.1) is 0 Å². The summed E-state index contributed by atoms with van der Waals surface area (Å²) in [6.07, 6.45) is -0.0552. The number of halogens is 2. The van der Waals surface area contributed by atoms with E-state index in [2.05, 4.69) is 0 Å². The molecule has 88 valence electrons. The Hall–Kier alpha value is -1.09. The lowest BCUT2D eigenvalue weighted by Gasteiger charge is -2.25. The third-order valence-corrected chi connectivity index (χ3v) is 2.93. The molecule has 1 rings (SSSR count). The minimum atomic E-state index is -0.908. The predicted molar refractivity (Wildman–Crippen MR) is 61.5 cm³/mol. The van der Waals surface area contributed by atoms with E-state index in [0.717, 1.165) is 0 Å². The Morgan fingerprint density at radius 1 is 1.50 bits per heavy atom. The SMILES string of the molecule is CC(C)(CC(=O)O)c1cccc(Cl)c1CF. The Bertz CT molecular complexity index is 402. The number of rotatable bonds is 4. The van der Waals surface area contributed by atoms with E-state index in [9.17, 15) is 9.18 Å². The molecule has 4 heteroatoms. The number of carboxylic acids is 1. The summed E-state index contributed by atoms with van der Waals surface area (Å²) in [6, 6.07) is 5.04. The molecule has 0 radical (unpaired) electrons. The summed E-state index contributed by atoms with van der Waals surface area (Å²) in [4.78, 5) is 10.7. The lowest BCUT2D eigenvalue weighted by Crippen LogP contribution is -2.23. The zero-order valence-corrected chi connectivity index (χ0v) is 10.0. The highest BCUT2D eigenvalue weighted by Crippen LogP contribution is 2.33. The molecule has 0 aliphatic heterocycles. The maximum absolute atomic E-state index is 12.9. The molecule has 1 aromatic carbocycles. The molecule has 0 aliphatic carbocycles. The van der Waals surface area contributed by atoms with Crippen LogP contribution in [-0.4, -0.2) is 11.1 Å². The molecule has 0 spiro atoms. The normalized spacial score (nSPS) is 11.5. The van der Waals surface area contributed by atoms with Crippen LogP contribution < -0.4 is 0 Å². The molecular weight excluding hydrogens is 231 g/mol. The minimum absolute atomic E-state index is 0.0552. The number of benzene rings is 1. The fourth-order valence-electron chi connectivity index (χ4n) is 1.80. The van der Waals surface area contributed by atoms with Crippen molar-refractivity contribution in [1.29, 1.82) is 0 Å². The Morgan fingerprint density at radius 3 is 2.62 bits per heavy atom. The maximum Gasteiger partial charge on any atom is 0.304 e. The van der Waals surface area contributed by atoms with Crippen LogP contribution >= 0.6 is 11.6 Å². The molecule has 1 aromatic rings. The Morgan fingerprint density at radius 2 is 2.12 bits per heavy atom. The first kappa shape index (κ1) is 13.0. The molecule has 0 fully saturated rings. The zero-order valence-electron chi connectivity index (χ0n) is 9.26. The molecular formula is C12H14ClFO2. The van der Waals surface area contributed by atoms with E-state index in [0.29, 0.717) is 16.1 Å². The van der Waals surface area contributed by atoms with Gasteiger partial charge in [0.1, 0.15) is 6.67 Å². The summed E-state index contributed by atoms with van der Waals surface area (Å²) in [6.45, 7) is 2.86. The first-order valence-corrected chi connectivity index (χ1v) is 5.32. The number of hydrogen-bond donors (Lipinski definition) is 1. The molecule has 0 unspecified atom stereocenters. The molecule has 0 saturated heterocycles. The van der Waals surface area contributed by atoms with Gasteiger partial charge in [-0.2, -0.15) is 0 Å². The van der Waals surface area contributed by atoms with Gasteiger partial charge in [-0.1, -0.05) is 37.6 Å². The van der Waals surface area contributed by atoms with Crippen LogP contribution in [0, 0.1) is 0 Å². The number of carbonyl (C=O) groups is 1. The van der Waals surface area contributed by atoms with Crippen molar-refractivity contribution in [1.82, 2.24) is 0 Å². The van der Waals surface area contributed by atoms with Gasteiger partial charge in [-0.25, -0.2) is 4.39 Å². The largest absolute Gasteiger partial charge is 0.481 e. The molecule has 0 aliphatic rings. The lowest BCUT2D eigenvalue weighted by atomic mass is 9.79. The predicted octanol–water partition coefficient (Wildman–Crippen LogP) is 3.56. The van der Waals surface area contributed by atoms with Gasteiger partial charge in [0.05, 0.1) is 6.42 Å². The van der Waals surface area contributed by atoms with Gasteiger partial charge in [0.15, 0.2) is 0 Å². The van der Waals surface area contributed by atoms with Gasteiger partial charge in [-0.05, 0) is 11.6 Å². The van der Waals surface area contributed by atoms with E-state index in [1.807, 2.05) is 0 Å². The van der Waals surface area contributed by atoms with Crippen LogP contribution in [0.5, 0.6) is 0 Å². The Labute approximate surface area is 99.0 Å². The highest BCUT2D eigenvalue weighted by atomic mass is 35.5. The van der Waals surface area contributed by atoms with Crippen molar-refractivity contribution in [2.75, 3.05) is 0 Å². The fraction of sp³-hybridized carbons (Fsp3) is 0.417. The lowest BCUT2D eigenvalue weighted by molar-refractivity contribution is -0.138. The van der Waals surface area contributed by atoms with Crippen LogP contribution in [0.25, 0.3) is 0 Å². The first-order valence-electron chi connectivity index (χ1n) is 4.94. The Kier molecular flexibility index (Phi) is 3.92. The second kappa shape index (κ2) is 4.83. The topological polar surface area (TPSA) is 37.3 Å². The van der Waals surface area contributed by atoms with Crippen LogP contribution in [0.4, 0.5) is 4.39 Å². The molecule has 0 heterocycles. The van der Waals surface area contributed by atoms with Gasteiger partial charge in [0, 0.05) is 16.0 Å². The van der Waals surface area contributed by atoms with E-state index in [-0.39, 0.29) is 6.42 Å². The van der Waals surface area contributed by atoms with Crippen molar-refractivity contribution >= 4 is 17.6 Å². The quantitative estimate of drug-likeness (QED) is 0.879. The molecule has 1 N–H and O–H groups in total. The number of alkyl halides is 1. The van der Waals surface area contributed by atoms with Crippen LogP contribution in [0.15, 0.2) is 18.2 Å². The highest BCUT2D eigenvalue weighted by molar-refractivity contribution is 6.31. The molecule has 0 aromatic heterocycles. The van der Waals surface area contributed by atoms with E-state index in [1.165, 1.54) is 0 Å². The molecule has 0 atom stereocenters. The summed E-state index contributed by atoms with van der Waals surface area (Å²) in [5, 5.41) is 9.16. The van der Waals surface area contributed by atoms with Gasteiger partial charge in [-0.3, -0.25) is 4.79 Å². The van der Waals surface area contributed by atoms with E-state index >= 15 is 0 Å². The second-order valence-electron chi connectivity index (χ2n) is 4.35. The summed E-state index contributed by atoms with van der Waals surface area (Å²) in [5.41, 5.74) is 0.415. The minimum Gasteiger partial charge on any atom is -0.481 e. The third-order valence-electron chi connectivity index (χ3n) is 2.57. The standard InChI is InChI=1S/C12H14ClFO2/c1-12(2,6-11(15)16)9-4-3-5-10(13)8(9)7-14/h3-5H,6-7H2,1-2H3,(H,15,16). The fourth-order valence-corrected chi connectivity index (χ4v) is 2.03. The van der Waals surface area contributed by atoms with Crippen molar-refractivity contribution < 1.29 is 14.3 Å². The molecule has 0 saturated carbocycles. The average Bonchev–Trinajstić information content (AvgIpc) is 2.15. The molecule has 0 amide bonds. The number of hydrogen-bond acceptors (Lipinski definition) is 1. The summed E-state index contributed by atoms with van der Waals surface area (Å²) >= 11 is 5.88.